The number of aromatic nitrogens is 2. The zero-order valence-electron chi connectivity index (χ0n) is 24.5. The highest BCUT2D eigenvalue weighted by atomic mass is 16.6. The molecular formula is C32H42N2O5. The van der Waals surface area contributed by atoms with Crippen LogP contribution in [0, 0.1) is 5.41 Å². The molecule has 0 aliphatic heterocycles. The molecule has 0 bridgehead atoms. The van der Waals surface area contributed by atoms with Gasteiger partial charge in [-0.15, -0.1) is 0 Å². The number of unbranched alkanes of at least 4 members (excludes halogenated alkanes) is 1. The van der Waals surface area contributed by atoms with Crippen LogP contribution in [-0.4, -0.2) is 39.3 Å². The standard InChI is InChI=1S/C32H42N2O5/c1-9-10-15-25-33-26(28(35)31(2,3)4)27(30(37)38-8)34(25)20-21-16-18-22(19-17-21)23-13-11-12-14-24(23)29(36)39-32(5,6)7/h11-14,16-19,28,35H,9-10,15,20H2,1-8H3. The zero-order chi connectivity index (χ0) is 29.0. The molecule has 210 valence electrons. The Morgan fingerprint density at radius 3 is 2.18 bits per heavy atom. The summed E-state index contributed by atoms with van der Waals surface area (Å²) in [6.07, 6.45) is 1.63. The monoisotopic (exact) mass is 534 g/mol. The third kappa shape index (κ3) is 7.35. The third-order valence-corrected chi connectivity index (χ3v) is 6.44. The molecule has 39 heavy (non-hydrogen) atoms. The second kappa shape index (κ2) is 12.2. The Kier molecular flexibility index (Phi) is 9.38. The number of hydrogen-bond acceptors (Lipinski definition) is 6. The van der Waals surface area contributed by atoms with Crippen molar-refractivity contribution in [1.29, 1.82) is 0 Å². The number of carbonyl (C=O) groups excluding carboxylic acids is 2. The van der Waals surface area contributed by atoms with E-state index in [4.69, 9.17) is 14.5 Å². The summed E-state index contributed by atoms with van der Waals surface area (Å²) in [6, 6.07) is 15.3. The van der Waals surface area contributed by atoms with Crippen LogP contribution in [0.4, 0.5) is 0 Å². The molecule has 0 amide bonds. The van der Waals surface area contributed by atoms with Crippen LogP contribution >= 0.6 is 0 Å². The van der Waals surface area contributed by atoms with Gasteiger partial charge in [-0.05, 0) is 55.4 Å². The fourth-order valence-electron chi connectivity index (χ4n) is 4.35. The van der Waals surface area contributed by atoms with Gasteiger partial charge in [0.1, 0.15) is 23.2 Å². The fraction of sp³-hybridized carbons (Fsp3) is 0.469. The Balaban J connectivity index is 2.01. The number of carbonyl (C=O) groups is 2. The molecule has 1 unspecified atom stereocenters. The van der Waals surface area contributed by atoms with Crippen molar-refractivity contribution in [2.75, 3.05) is 7.11 Å². The molecule has 1 atom stereocenters. The highest BCUT2D eigenvalue weighted by molar-refractivity contribution is 5.97. The van der Waals surface area contributed by atoms with Crippen molar-refractivity contribution in [3.8, 4) is 11.1 Å². The van der Waals surface area contributed by atoms with Gasteiger partial charge in [-0.2, -0.15) is 0 Å². The topological polar surface area (TPSA) is 90.6 Å². The molecule has 0 radical (unpaired) electrons. The predicted molar refractivity (Wildman–Crippen MR) is 153 cm³/mol. The van der Waals surface area contributed by atoms with Crippen LogP contribution in [0.1, 0.15) is 105 Å². The maximum absolute atomic E-state index is 13.0. The summed E-state index contributed by atoms with van der Waals surface area (Å²) in [5, 5.41) is 11.1. The fourth-order valence-corrected chi connectivity index (χ4v) is 4.35. The third-order valence-electron chi connectivity index (χ3n) is 6.44. The average Bonchev–Trinajstić information content (AvgIpc) is 3.23. The van der Waals surface area contributed by atoms with Crippen LogP contribution in [0.25, 0.3) is 11.1 Å². The number of esters is 2. The minimum Gasteiger partial charge on any atom is -0.464 e. The van der Waals surface area contributed by atoms with Gasteiger partial charge in [-0.25, -0.2) is 14.6 Å². The van der Waals surface area contributed by atoms with E-state index >= 15 is 0 Å². The molecule has 7 nitrogen and oxygen atoms in total. The molecule has 2 aromatic carbocycles. The van der Waals surface area contributed by atoms with E-state index in [1.165, 1.54) is 7.11 Å². The first-order valence-corrected chi connectivity index (χ1v) is 13.5. The van der Waals surface area contributed by atoms with Gasteiger partial charge in [0, 0.05) is 13.0 Å². The van der Waals surface area contributed by atoms with Crippen molar-refractivity contribution >= 4 is 11.9 Å². The molecule has 3 rings (SSSR count). The maximum Gasteiger partial charge on any atom is 0.356 e. The molecule has 1 heterocycles. The predicted octanol–water partition coefficient (Wildman–Crippen LogP) is 6.76. The van der Waals surface area contributed by atoms with Crippen molar-refractivity contribution in [3.05, 3.63) is 76.9 Å². The Bertz CT molecular complexity index is 1290. The number of aliphatic hydroxyl groups excluding tert-OH is 1. The van der Waals surface area contributed by atoms with Crippen molar-refractivity contribution in [1.82, 2.24) is 9.55 Å². The van der Waals surface area contributed by atoms with E-state index < -0.39 is 23.1 Å². The molecule has 1 aromatic heterocycles. The van der Waals surface area contributed by atoms with Crippen molar-refractivity contribution in [2.45, 2.75) is 86.0 Å². The minimum absolute atomic E-state index is 0.283. The lowest BCUT2D eigenvalue weighted by atomic mass is 9.86. The molecule has 0 aliphatic rings. The lowest BCUT2D eigenvalue weighted by Crippen LogP contribution is -2.24. The number of aliphatic hydroxyl groups is 1. The Morgan fingerprint density at radius 1 is 0.974 bits per heavy atom. The van der Waals surface area contributed by atoms with E-state index in [1.807, 2.05) is 88.6 Å². The van der Waals surface area contributed by atoms with E-state index in [-0.39, 0.29) is 11.7 Å². The molecule has 1 N–H and O–H groups in total. The Labute approximate surface area is 232 Å². The van der Waals surface area contributed by atoms with Crippen molar-refractivity contribution < 1.29 is 24.2 Å². The Morgan fingerprint density at radius 2 is 1.62 bits per heavy atom. The number of methoxy groups -OCH3 is 1. The number of ether oxygens (including phenoxy) is 2. The second-order valence-corrected chi connectivity index (χ2v) is 12.0. The number of benzene rings is 2. The van der Waals surface area contributed by atoms with Crippen LogP contribution in [-0.2, 0) is 22.4 Å². The molecular weight excluding hydrogens is 492 g/mol. The molecule has 0 fully saturated rings. The smallest absolute Gasteiger partial charge is 0.356 e. The molecule has 0 saturated heterocycles. The van der Waals surface area contributed by atoms with Gasteiger partial charge in [0.15, 0.2) is 5.69 Å². The van der Waals surface area contributed by atoms with E-state index in [0.29, 0.717) is 24.2 Å². The summed E-state index contributed by atoms with van der Waals surface area (Å²) in [6.45, 7) is 13.8. The van der Waals surface area contributed by atoms with Crippen LogP contribution in [0.2, 0.25) is 0 Å². The number of rotatable bonds is 9. The van der Waals surface area contributed by atoms with Gasteiger partial charge in [0.2, 0.25) is 0 Å². The number of aryl methyl sites for hydroxylation is 1. The minimum atomic E-state index is -0.931. The lowest BCUT2D eigenvalue weighted by Gasteiger charge is -2.25. The summed E-state index contributed by atoms with van der Waals surface area (Å²) in [5.74, 6) is -0.143. The largest absolute Gasteiger partial charge is 0.464 e. The van der Waals surface area contributed by atoms with Gasteiger partial charge in [0.25, 0.3) is 0 Å². The molecule has 0 saturated carbocycles. The van der Waals surface area contributed by atoms with Crippen molar-refractivity contribution in [3.63, 3.8) is 0 Å². The summed E-state index contributed by atoms with van der Waals surface area (Å²) in [4.78, 5) is 30.6. The number of imidazole rings is 1. The summed E-state index contributed by atoms with van der Waals surface area (Å²) in [7, 11) is 1.34. The van der Waals surface area contributed by atoms with Gasteiger partial charge < -0.3 is 19.1 Å². The SMILES string of the molecule is CCCCc1nc(C(O)C(C)(C)C)c(C(=O)OC)n1Cc1ccc(-c2ccccc2C(=O)OC(C)(C)C)cc1. The van der Waals surface area contributed by atoms with E-state index in [9.17, 15) is 14.7 Å². The maximum atomic E-state index is 13.0. The summed E-state index contributed by atoms with van der Waals surface area (Å²) in [5.41, 5.74) is 2.66. The summed E-state index contributed by atoms with van der Waals surface area (Å²) < 4.78 is 12.6. The lowest BCUT2D eigenvalue weighted by molar-refractivity contribution is 0.00702. The molecule has 0 spiro atoms. The first-order chi connectivity index (χ1) is 18.3. The van der Waals surface area contributed by atoms with Crippen LogP contribution in [0.3, 0.4) is 0 Å². The van der Waals surface area contributed by atoms with Crippen LogP contribution in [0.5, 0.6) is 0 Å². The second-order valence-electron chi connectivity index (χ2n) is 12.0. The summed E-state index contributed by atoms with van der Waals surface area (Å²) >= 11 is 0. The molecule has 7 heteroatoms. The molecule has 3 aromatic rings. The van der Waals surface area contributed by atoms with Crippen LogP contribution in [0.15, 0.2) is 48.5 Å². The van der Waals surface area contributed by atoms with Gasteiger partial charge in [0.05, 0.1) is 12.7 Å². The number of nitrogens with zero attached hydrogens (tertiary/aromatic N) is 2. The highest BCUT2D eigenvalue weighted by Crippen LogP contribution is 2.35. The van der Waals surface area contributed by atoms with Gasteiger partial charge in [-0.1, -0.05) is 76.6 Å². The van der Waals surface area contributed by atoms with Crippen LogP contribution < -0.4 is 0 Å². The zero-order valence-corrected chi connectivity index (χ0v) is 24.5. The highest BCUT2D eigenvalue weighted by Gasteiger charge is 2.34. The van der Waals surface area contributed by atoms with Crippen molar-refractivity contribution in [2.24, 2.45) is 5.41 Å². The first-order valence-electron chi connectivity index (χ1n) is 13.5. The van der Waals surface area contributed by atoms with E-state index in [2.05, 4.69) is 6.92 Å². The normalized spacial score (nSPS) is 12.7. The first kappa shape index (κ1) is 30.1. The number of hydrogen-bond donors (Lipinski definition) is 1. The Hall–Kier alpha value is -3.45. The quantitative estimate of drug-likeness (QED) is 0.305. The van der Waals surface area contributed by atoms with E-state index in [0.717, 1.165) is 35.4 Å². The average molecular weight is 535 g/mol. The molecule has 0 aliphatic carbocycles. The van der Waals surface area contributed by atoms with Gasteiger partial charge in [-0.3, -0.25) is 0 Å². The van der Waals surface area contributed by atoms with E-state index in [1.54, 1.807) is 6.07 Å². The van der Waals surface area contributed by atoms with Gasteiger partial charge >= 0.3 is 11.9 Å².